The van der Waals surface area contributed by atoms with E-state index in [0.717, 1.165) is 30.9 Å². The van der Waals surface area contributed by atoms with Crippen LogP contribution in [0.25, 0.3) is 5.65 Å². The second-order valence-corrected chi connectivity index (χ2v) is 7.37. The van der Waals surface area contributed by atoms with Crippen molar-refractivity contribution in [3.05, 3.63) is 57.2 Å². The highest BCUT2D eigenvalue weighted by Crippen LogP contribution is 2.32. The molecule has 4 heterocycles. The van der Waals surface area contributed by atoms with Crippen molar-refractivity contribution in [3.63, 3.8) is 0 Å². The Labute approximate surface area is 155 Å². The molecule has 1 saturated heterocycles. The normalized spacial score (nSPS) is 18.2. The van der Waals surface area contributed by atoms with E-state index in [-0.39, 0.29) is 17.5 Å². The number of nitrogens with zero attached hydrogens (tertiary/aromatic N) is 5. The van der Waals surface area contributed by atoms with E-state index in [4.69, 9.17) is 16.1 Å². The number of likely N-dealkylation sites (tertiary alicyclic amines) is 1. The standard InChI is InChI=1S/C18H20ClN5O2/c1-11(2)17-21-18(26-22-17)14-4-3-7-23(14)10-13-8-16(25)24-9-12(19)5-6-15(24)20-13/h5-6,8-9,11,14H,3-4,7,10H2,1-2H3. The number of halogens is 1. The average Bonchev–Trinajstić information content (AvgIpc) is 3.24. The summed E-state index contributed by atoms with van der Waals surface area (Å²) in [6, 6.07) is 5.12. The maximum absolute atomic E-state index is 12.4. The predicted octanol–water partition coefficient (Wildman–Crippen LogP) is 3.19. The molecular formula is C18H20ClN5O2. The van der Waals surface area contributed by atoms with Gasteiger partial charge < -0.3 is 4.52 Å². The lowest BCUT2D eigenvalue weighted by Crippen LogP contribution is -2.25. The summed E-state index contributed by atoms with van der Waals surface area (Å²) in [5, 5.41) is 4.58. The van der Waals surface area contributed by atoms with Gasteiger partial charge in [-0.15, -0.1) is 0 Å². The number of rotatable bonds is 4. The fraction of sp³-hybridized carbons (Fsp3) is 0.444. The van der Waals surface area contributed by atoms with E-state index in [2.05, 4.69) is 20.0 Å². The van der Waals surface area contributed by atoms with E-state index < -0.39 is 0 Å². The van der Waals surface area contributed by atoms with Crippen molar-refractivity contribution in [1.82, 2.24) is 24.4 Å². The van der Waals surface area contributed by atoms with Crippen molar-refractivity contribution in [2.75, 3.05) is 6.54 Å². The van der Waals surface area contributed by atoms with Gasteiger partial charge in [0.25, 0.3) is 5.56 Å². The molecule has 0 spiro atoms. The Morgan fingerprint density at radius 3 is 2.96 bits per heavy atom. The first-order valence-electron chi connectivity index (χ1n) is 8.76. The minimum atomic E-state index is -0.136. The van der Waals surface area contributed by atoms with Crippen LogP contribution in [0.1, 0.15) is 56.1 Å². The summed E-state index contributed by atoms with van der Waals surface area (Å²) in [7, 11) is 0. The van der Waals surface area contributed by atoms with Gasteiger partial charge in [0.1, 0.15) is 5.65 Å². The first kappa shape index (κ1) is 17.2. The minimum absolute atomic E-state index is 0.0699. The number of pyridine rings is 1. The maximum Gasteiger partial charge on any atom is 0.258 e. The molecular weight excluding hydrogens is 354 g/mol. The lowest BCUT2D eigenvalue weighted by atomic mass is 10.2. The topological polar surface area (TPSA) is 76.5 Å². The fourth-order valence-electron chi connectivity index (χ4n) is 3.33. The van der Waals surface area contributed by atoms with Crippen molar-refractivity contribution >= 4 is 17.2 Å². The van der Waals surface area contributed by atoms with Crippen LogP contribution in [0.3, 0.4) is 0 Å². The Kier molecular flexibility index (Phi) is 4.50. The Morgan fingerprint density at radius 1 is 1.35 bits per heavy atom. The van der Waals surface area contributed by atoms with Crippen molar-refractivity contribution < 1.29 is 4.52 Å². The van der Waals surface area contributed by atoms with Crippen molar-refractivity contribution in [2.45, 2.75) is 45.2 Å². The molecule has 1 fully saturated rings. The van der Waals surface area contributed by atoms with Crippen LogP contribution in [0, 0.1) is 0 Å². The van der Waals surface area contributed by atoms with Gasteiger partial charge in [-0.1, -0.05) is 30.6 Å². The van der Waals surface area contributed by atoms with Crippen LogP contribution >= 0.6 is 11.6 Å². The molecule has 26 heavy (non-hydrogen) atoms. The SMILES string of the molecule is CC(C)c1noc(C2CCCN2Cc2cc(=O)n3cc(Cl)ccc3n2)n1. The fourth-order valence-corrected chi connectivity index (χ4v) is 3.49. The molecule has 0 aliphatic carbocycles. The molecule has 1 unspecified atom stereocenters. The van der Waals surface area contributed by atoms with Crippen molar-refractivity contribution in [1.29, 1.82) is 0 Å². The summed E-state index contributed by atoms with van der Waals surface area (Å²) in [5.41, 5.74) is 1.18. The largest absolute Gasteiger partial charge is 0.338 e. The van der Waals surface area contributed by atoms with Crippen LogP contribution in [0.2, 0.25) is 5.02 Å². The summed E-state index contributed by atoms with van der Waals surface area (Å²) in [4.78, 5) is 23.7. The third-order valence-electron chi connectivity index (χ3n) is 4.66. The molecule has 0 saturated carbocycles. The summed E-state index contributed by atoms with van der Waals surface area (Å²) < 4.78 is 6.94. The Hall–Kier alpha value is -2.25. The van der Waals surface area contributed by atoms with Gasteiger partial charge in [-0.3, -0.25) is 14.1 Å². The molecule has 7 nitrogen and oxygen atoms in total. The van der Waals surface area contributed by atoms with E-state index >= 15 is 0 Å². The molecule has 4 rings (SSSR count). The Bertz CT molecular complexity index is 997. The van der Waals surface area contributed by atoms with Crippen LogP contribution in [0.4, 0.5) is 0 Å². The number of aromatic nitrogens is 4. The predicted molar refractivity (Wildman–Crippen MR) is 97.2 cm³/mol. The quantitative estimate of drug-likeness (QED) is 0.699. The zero-order valence-corrected chi connectivity index (χ0v) is 15.5. The lowest BCUT2D eigenvalue weighted by molar-refractivity contribution is 0.199. The number of hydrogen-bond donors (Lipinski definition) is 0. The van der Waals surface area contributed by atoms with Gasteiger partial charge in [-0.25, -0.2) is 4.98 Å². The highest BCUT2D eigenvalue weighted by atomic mass is 35.5. The molecule has 1 atom stereocenters. The van der Waals surface area contributed by atoms with Gasteiger partial charge in [0.05, 0.1) is 16.8 Å². The third-order valence-corrected chi connectivity index (χ3v) is 4.89. The summed E-state index contributed by atoms with van der Waals surface area (Å²) >= 11 is 5.96. The molecule has 8 heteroatoms. The molecule has 0 aromatic carbocycles. The highest BCUT2D eigenvalue weighted by Gasteiger charge is 2.31. The molecule has 0 amide bonds. The van der Waals surface area contributed by atoms with E-state index in [1.54, 1.807) is 24.4 Å². The van der Waals surface area contributed by atoms with Gasteiger partial charge in [0, 0.05) is 24.7 Å². The summed E-state index contributed by atoms with van der Waals surface area (Å²) in [5.74, 6) is 1.61. The maximum atomic E-state index is 12.4. The van der Waals surface area contributed by atoms with Crippen LogP contribution < -0.4 is 5.56 Å². The average molecular weight is 374 g/mol. The zero-order valence-electron chi connectivity index (χ0n) is 14.7. The Balaban J connectivity index is 1.60. The molecule has 0 radical (unpaired) electrons. The van der Waals surface area contributed by atoms with Gasteiger partial charge in [0.2, 0.25) is 5.89 Å². The summed E-state index contributed by atoms with van der Waals surface area (Å²) in [6.07, 6.45) is 3.59. The molecule has 3 aromatic rings. The third kappa shape index (κ3) is 3.24. The molecule has 3 aromatic heterocycles. The molecule has 1 aliphatic heterocycles. The van der Waals surface area contributed by atoms with Gasteiger partial charge in [0.15, 0.2) is 5.82 Å². The van der Waals surface area contributed by atoms with Crippen LogP contribution in [-0.2, 0) is 6.54 Å². The lowest BCUT2D eigenvalue weighted by Gasteiger charge is -2.21. The number of fused-ring (bicyclic) bond motifs is 1. The first-order valence-corrected chi connectivity index (χ1v) is 9.14. The van der Waals surface area contributed by atoms with Crippen LogP contribution in [0.5, 0.6) is 0 Å². The monoisotopic (exact) mass is 373 g/mol. The van der Waals surface area contributed by atoms with E-state index in [9.17, 15) is 4.79 Å². The second kappa shape index (κ2) is 6.81. The first-order chi connectivity index (χ1) is 12.5. The molecule has 136 valence electrons. The Morgan fingerprint density at radius 2 is 2.19 bits per heavy atom. The molecule has 0 N–H and O–H groups in total. The minimum Gasteiger partial charge on any atom is -0.338 e. The van der Waals surface area contributed by atoms with Crippen LogP contribution in [0.15, 0.2) is 33.7 Å². The van der Waals surface area contributed by atoms with E-state index in [1.165, 1.54) is 4.40 Å². The molecule has 0 bridgehead atoms. The van der Waals surface area contributed by atoms with Gasteiger partial charge in [-0.05, 0) is 31.5 Å². The number of hydrogen-bond acceptors (Lipinski definition) is 6. The molecule has 1 aliphatic rings. The summed E-state index contributed by atoms with van der Waals surface area (Å²) in [6.45, 7) is 5.56. The van der Waals surface area contributed by atoms with Gasteiger partial charge in [-0.2, -0.15) is 4.98 Å². The van der Waals surface area contributed by atoms with Crippen LogP contribution in [-0.4, -0.2) is 31.0 Å². The highest BCUT2D eigenvalue weighted by molar-refractivity contribution is 6.30. The van der Waals surface area contributed by atoms with E-state index in [0.29, 0.717) is 23.1 Å². The van der Waals surface area contributed by atoms with Gasteiger partial charge >= 0.3 is 0 Å². The van der Waals surface area contributed by atoms with E-state index in [1.807, 2.05) is 13.8 Å². The second-order valence-electron chi connectivity index (χ2n) is 6.94. The zero-order chi connectivity index (χ0) is 18.3. The van der Waals surface area contributed by atoms with Crippen molar-refractivity contribution in [2.24, 2.45) is 0 Å². The smallest absolute Gasteiger partial charge is 0.258 e. The van der Waals surface area contributed by atoms with Crippen molar-refractivity contribution in [3.8, 4) is 0 Å².